The topological polar surface area (TPSA) is 49.4 Å². The van der Waals surface area contributed by atoms with Gasteiger partial charge in [-0.25, -0.2) is 9.69 Å². The van der Waals surface area contributed by atoms with Crippen LogP contribution in [0.2, 0.25) is 0 Å². The molecule has 0 unspecified atom stereocenters. The molecule has 0 aliphatic rings. The maximum absolute atomic E-state index is 11.3. The summed E-state index contributed by atoms with van der Waals surface area (Å²) in [4.78, 5) is 23.0. The maximum atomic E-state index is 11.3. The molecule has 0 radical (unpaired) electrons. The van der Waals surface area contributed by atoms with Crippen LogP contribution in [0.5, 0.6) is 0 Å². The van der Waals surface area contributed by atoms with Crippen molar-refractivity contribution in [1.29, 1.82) is 0 Å². The molecule has 0 aromatic heterocycles. The minimum atomic E-state index is -0.436. The zero-order chi connectivity index (χ0) is 11.3. The highest BCUT2D eigenvalue weighted by atomic mass is 16.2. The van der Waals surface area contributed by atoms with Crippen molar-refractivity contribution < 1.29 is 9.59 Å². The molecule has 1 rings (SSSR count). The second-order valence-electron chi connectivity index (χ2n) is 3.05. The fraction of sp³-hybridized carbons (Fsp3) is 0.273. The Labute approximate surface area is 88.9 Å². The predicted molar refractivity (Wildman–Crippen MR) is 58.8 cm³/mol. The summed E-state index contributed by atoms with van der Waals surface area (Å²) in [6, 6.07) is 6.86. The molecule has 15 heavy (non-hydrogen) atoms. The fourth-order valence-electron chi connectivity index (χ4n) is 1.24. The molecule has 3 amide bonds. The molecule has 1 N–H and O–H groups in total. The van der Waals surface area contributed by atoms with E-state index < -0.39 is 6.03 Å². The van der Waals surface area contributed by atoms with Crippen molar-refractivity contribution in [2.45, 2.75) is 13.3 Å². The largest absolute Gasteiger partial charge is 0.340 e. The van der Waals surface area contributed by atoms with Crippen LogP contribution in [-0.4, -0.2) is 19.5 Å². The first-order chi connectivity index (χ1) is 7.22. The lowest BCUT2D eigenvalue weighted by molar-refractivity contribution is -0.106. The van der Waals surface area contributed by atoms with E-state index in [-0.39, 0.29) is 0 Å². The highest BCUT2D eigenvalue weighted by Gasteiger charge is 2.12. The van der Waals surface area contributed by atoms with E-state index in [1.54, 1.807) is 12.1 Å². The normalized spacial score (nSPS) is 9.47. The minimum absolute atomic E-state index is 0.436. The number of anilines is 1. The van der Waals surface area contributed by atoms with Crippen LogP contribution in [0.1, 0.15) is 12.5 Å². The van der Waals surface area contributed by atoms with E-state index >= 15 is 0 Å². The number of hydrogen-bond acceptors (Lipinski definition) is 2. The van der Waals surface area contributed by atoms with Gasteiger partial charge in [0.25, 0.3) is 0 Å². The Morgan fingerprint density at radius 1 is 1.40 bits per heavy atom. The highest BCUT2D eigenvalue weighted by molar-refractivity contribution is 6.05. The molecule has 1 aromatic rings. The molecule has 0 bridgehead atoms. The number of hydrogen-bond donors (Lipinski definition) is 1. The first kappa shape index (κ1) is 11.2. The van der Waals surface area contributed by atoms with Gasteiger partial charge in [0, 0.05) is 7.05 Å². The van der Waals surface area contributed by atoms with Crippen molar-refractivity contribution in [2.24, 2.45) is 0 Å². The molecule has 0 spiro atoms. The third-order valence-corrected chi connectivity index (χ3v) is 2.16. The molecule has 0 fully saturated rings. The van der Waals surface area contributed by atoms with Crippen molar-refractivity contribution in [3.05, 3.63) is 29.8 Å². The Hall–Kier alpha value is -1.84. The smallest absolute Gasteiger partial charge is 0.328 e. The number of nitrogens with zero attached hydrogens (tertiary/aromatic N) is 1. The van der Waals surface area contributed by atoms with Crippen molar-refractivity contribution in [1.82, 2.24) is 5.32 Å². The van der Waals surface area contributed by atoms with Crippen LogP contribution in [0.3, 0.4) is 0 Å². The van der Waals surface area contributed by atoms with Gasteiger partial charge in [0.05, 0.1) is 5.69 Å². The molecule has 0 heterocycles. The SMILES string of the molecule is CCc1ccc(N(C=O)C(=O)NC)cc1. The van der Waals surface area contributed by atoms with Crippen LogP contribution in [0, 0.1) is 0 Å². The second kappa shape index (κ2) is 5.14. The average molecular weight is 206 g/mol. The zero-order valence-electron chi connectivity index (χ0n) is 8.86. The van der Waals surface area contributed by atoms with Gasteiger partial charge in [-0.2, -0.15) is 0 Å². The number of imide groups is 1. The lowest BCUT2D eigenvalue weighted by Crippen LogP contribution is -2.36. The van der Waals surface area contributed by atoms with E-state index in [0.717, 1.165) is 11.3 Å². The Bertz CT molecular complexity index is 346. The molecule has 1 aromatic carbocycles. The summed E-state index contributed by atoms with van der Waals surface area (Å²) in [6.45, 7) is 2.05. The van der Waals surface area contributed by atoms with Crippen LogP contribution < -0.4 is 10.2 Å². The van der Waals surface area contributed by atoms with Crippen LogP contribution in [0.4, 0.5) is 10.5 Å². The predicted octanol–water partition coefficient (Wildman–Crippen LogP) is 1.55. The second-order valence-corrected chi connectivity index (χ2v) is 3.05. The van der Waals surface area contributed by atoms with Gasteiger partial charge in [0.2, 0.25) is 6.41 Å². The fourth-order valence-corrected chi connectivity index (χ4v) is 1.24. The zero-order valence-corrected chi connectivity index (χ0v) is 8.86. The average Bonchev–Trinajstić information content (AvgIpc) is 2.30. The van der Waals surface area contributed by atoms with E-state index in [2.05, 4.69) is 5.32 Å². The summed E-state index contributed by atoms with van der Waals surface area (Å²) < 4.78 is 0. The van der Waals surface area contributed by atoms with Gasteiger partial charge >= 0.3 is 6.03 Å². The molecule has 0 saturated carbocycles. The Morgan fingerprint density at radius 2 is 2.00 bits per heavy atom. The van der Waals surface area contributed by atoms with Gasteiger partial charge in [-0.3, -0.25) is 4.79 Å². The number of rotatable bonds is 3. The first-order valence-electron chi connectivity index (χ1n) is 4.78. The molecule has 80 valence electrons. The van der Waals surface area contributed by atoms with Gasteiger partial charge in [-0.05, 0) is 24.1 Å². The van der Waals surface area contributed by atoms with Gasteiger partial charge in [-0.15, -0.1) is 0 Å². The molecule has 0 atom stereocenters. The third kappa shape index (κ3) is 2.56. The third-order valence-electron chi connectivity index (χ3n) is 2.16. The van der Waals surface area contributed by atoms with Crippen molar-refractivity contribution in [2.75, 3.05) is 11.9 Å². The van der Waals surface area contributed by atoms with Gasteiger partial charge in [-0.1, -0.05) is 19.1 Å². The Morgan fingerprint density at radius 3 is 2.40 bits per heavy atom. The van der Waals surface area contributed by atoms with Crippen molar-refractivity contribution in [3.63, 3.8) is 0 Å². The van der Waals surface area contributed by atoms with Crippen LogP contribution in [-0.2, 0) is 11.2 Å². The van der Waals surface area contributed by atoms with Crippen LogP contribution >= 0.6 is 0 Å². The lowest BCUT2D eigenvalue weighted by atomic mass is 10.1. The van der Waals surface area contributed by atoms with E-state index in [1.807, 2.05) is 19.1 Å². The van der Waals surface area contributed by atoms with Gasteiger partial charge < -0.3 is 5.32 Å². The number of nitrogens with one attached hydrogen (secondary N) is 1. The quantitative estimate of drug-likeness (QED) is 0.763. The van der Waals surface area contributed by atoms with E-state index in [9.17, 15) is 9.59 Å². The minimum Gasteiger partial charge on any atom is -0.340 e. The van der Waals surface area contributed by atoms with Crippen LogP contribution in [0.25, 0.3) is 0 Å². The van der Waals surface area contributed by atoms with Crippen molar-refractivity contribution >= 4 is 18.1 Å². The van der Waals surface area contributed by atoms with E-state index in [1.165, 1.54) is 12.6 Å². The summed E-state index contributed by atoms with van der Waals surface area (Å²) >= 11 is 0. The van der Waals surface area contributed by atoms with E-state index in [0.29, 0.717) is 12.1 Å². The molecule has 4 heteroatoms. The number of urea groups is 1. The summed E-state index contributed by atoms with van der Waals surface area (Å²) in [6.07, 6.45) is 1.43. The van der Waals surface area contributed by atoms with E-state index in [4.69, 9.17) is 0 Å². The first-order valence-corrected chi connectivity index (χ1v) is 4.78. The summed E-state index contributed by atoms with van der Waals surface area (Å²) in [5.74, 6) is 0. The Balaban J connectivity index is 2.92. The number of amides is 3. The number of carbonyl (C=O) groups excluding carboxylic acids is 2. The van der Waals surface area contributed by atoms with Crippen molar-refractivity contribution in [3.8, 4) is 0 Å². The molecule has 0 saturated heterocycles. The van der Waals surface area contributed by atoms with Crippen LogP contribution in [0.15, 0.2) is 24.3 Å². The summed E-state index contributed by atoms with van der Waals surface area (Å²) in [5, 5.41) is 2.40. The number of benzene rings is 1. The van der Waals surface area contributed by atoms with Gasteiger partial charge in [0.1, 0.15) is 0 Å². The summed E-state index contributed by atoms with van der Waals surface area (Å²) in [5.41, 5.74) is 1.74. The number of carbonyl (C=O) groups is 2. The summed E-state index contributed by atoms with van der Waals surface area (Å²) in [7, 11) is 1.49. The molecule has 4 nitrogen and oxygen atoms in total. The molecular weight excluding hydrogens is 192 g/mol. The molecule has 0 aliphatic carbocycles. The molecular formula is C11H14N2O2. The monoisotopic (exact) mass is 206 g/mol. The highest BCUT2D eigenvalue weighted by Crippen LogP contribution is 2.14. The maximum Gasteiger partial charge on any atom is 0.328 e. The Kier molecular flexibility index (Phi) is 3.85. The van der Waals surface area contributed by atoms with Gasteiger partial charge in [0.15, 0.2) is 0 Å². The number of aryl methyl sites for hydroxylation is 1. The lowest BCUT2D eigenvalue weighted by Gasteiger charge is -2.14. The molecule has 0 aliphatic heterocycles. The standard InChI is InChI=1S/C11H14N2O2/c1-3-9-4-6-10(7-5-9)13(8-14)11(15)12-2/h4-8H,3H2,1-2H3,(H,12,15).